The Morgan fingerprint density at radius 2 is 2.18 bits per heavy atom. The molecular formula is C13H19NO3. The van der Waals surface area contributed by atoms with Crippen LogP contribution >= 0.6 is 0 Å². The minimum atomic E-state index is -0.494. The van der Waals surface area contributed by atoms with Gasteiger partial charge in [-0.05, 0) is 25.0 Å². The van der Waals surface area contributed by atoms with Crippen LogP contribution in [0.25, 0.3) is 0 Å². The summed E-state index contributed by atoms with van der Waals surface area (Å²) in [4.78, 5) is 4.88. The summed E-state index contributed by atoms with van der Waals surface area (Å²) >= 11 is 0. The summed E-state index contributed by atoms with van der Waals surface area (Å²) in [6, 6.07) is 8.16. The van der Waals surface area contributed by atoms with E-state index in [0.29, 0.717) is 13.2 Å². The van der Waals surface area contributed by atoms with Crippen LogP contribution in [-0.2, 0) is 20.9 Å². The van der Waals surface area contributed by atoms with Gasteiger partial charge in [0.05, 0.1) is 13.7 Å². The van der Waals surface area contributed by atoms with Gasteiger partial charge in [0.25, 0.3) is 0 Å². The highest BCUT2D eigenvalue weighted by Crippen LogP contribution is 2.34. The molecule has 1 aromatic rings. The van der Waals surface area contributed by atoms with Crippen molar-refractivity contribution in [3.05, 3.63) is 35.4 Å². The van der Waals surface area contributed by atoms with E-state index in [1.54, 1.807) is 7.11 Å². The third-order valence-electron chi connectivity index (χ3n) is 2.82. The van der Waals surface area contributed by atoms with Crippen LogP contribution in [0.4, 0.5) is 0 Å². The van der Waals surface area contributed by atoms with Crippen molar-refractivity contribution in [2.24, 2.45) is 0 Å². The Bertz CT molecular complexity index is 379. The molecule has 94 valence electrons. The lowest BCUT2D eigenvalue weighted by Crippen LogP contribution is -2.20. The van der Waals surface area contributed by atoms with Crippen LogP contribution in [-0.4, -0.2) is 19.5 Å². The first-order valence-electron chi connectivity index (χ1n) is 5.78. The molecule has 0 spiro atoms. The van der Waals surface area contributed by atoms with Crippen molar-refractivity contribution < 1.29 is 14.3 Å². The predicted molar refractivity (Wildman–Crippen MR) is 64.1 cm³/mol. The molecular weight excluding hydrogens is 218 g/mol. The summed E-state index contributed by atoms with van der Waals surface area (Å²) in [6.07, 6.45) is -0.000133. The van der Waals surface area contributed by atoms with E-state index in [1.807, 2.05) is 26.0 Å². The third-order valence-corrected chi connectivity index (χ3v) is 2.82. The van der Waals surface area contributed by atoms with Crippen molar-refractivity contribution in [1.29, 1.82) is 0 Å². The van der Waals surface area contributed by atoms with Crippen LogP contribution in [0.5, 0.6) is 0 Å². The Kier molecular flexibility index (Phi) is 3.79. The first kappa shape index (κ1) is 12.5. The summed E-state index contributed by atoms with van der Waals surface area (Å²) in [5.41, 5.74) is 5.18. The maximum Gasteiger partial charge on any atom is 0.163 e. The maximum absolute atomic E-state index is 5.86. The average Bonchev–Trinajstić information content (AvgIpc) is 2.67. The SMILES string of the molecule is CONCc1ccccc1C1COC(C)(C)O1. The number of hydrogen-bond acceptors (Lipinski definition) is 4. The second kappa shape index (κ2) is 5.14. The minimum absolute atomic E-state index is 0.000133. The molecule has 0 amide bonds. The van der Waals surface area contributed by atoms with E-state index >= 15 is 0 Å². The molecule has 4 heteroatoms. The highest BCUT2D eigenvalue weighted by molar-refractivity contribution is 5.29. The number of hydroxylamine groups is 1. The molecule has 2 rings (SSSR count). The zero-order valence-electron chi connectivity index (χ0n) is 10.5. The maximum atomic E-state index is 5.86. The Labute approximate surface area is 102 Å². The van der Waals surface area contributed by atoms with Crippen molar-refractivity contribution in [2.75, 3.05) is 13.7 Å². The quantitative estimate of drug-likeness (QED) is 0.815. The second-order valence-corrected chi connectivity index (χ2v) is 4.54. The van der Waals surface area contributed by atoms with Crippen LogP contribution in [0.3, 0.4) is 0 Å². The van der Waals surface area contributed by atoms with Crippen molar-refractivity contribution in [2.45, 2.75) is 32.3 Å². The third kappa shape index (κ3) is 3.04. The van der Waals surface area contributed by atoms with Gasteiger partial charge in [-0.15, -0.1) is 0 Å². The Balaban J connectivity index is 2.15. The monoisotopic (exact) mass is 237 g/mol. The molecule has 1 atom stereocenters. The van der Waals surface area contributed by atoms with Gasteiger partial charge in [0.1, 0.15) is 6.10 Å². The van der Waals surface area contributed by atoms with E-state index in [0.717, 1.165) is 5.56 Å². The van der Waals surface area contributed by atoms with Gasteiger partial charge in [0, 0.05) is 6.54 Å². The summed E-state index contributed by atoms with van der Waals surface area (Å²) < 4.78 is 11.5. The van der Waals surface area contributed by atoms with Gasteiger partial charge in [-0.2, -0.15) is 5.48 Å². The summed E-state index contributed by atoms with van der Waals surface area (Å²) in [5, 5.41) is 0. The fourth-order valence-electron chi connectivity index (χ4n) is 2.00. The summed E-state index contributed by atoms with van der Waals surface area (Å²) in [5.74, 6) is -0.494. The Morgan fingerprint density at radius 1 is 1.41 bits per heavy atom. The molecule has 0 saturated carbocycles. The molecule has 1 aliphatic rings. The van der Waals surface area contributed by atoms with Gasteiger partial charge >= 0.3 is 0 Å². The molecule has 1 aromatic carbocycles. The van der Waals surface area contributed by atoms with Crippen molar-refractivity contribution >= 4 is 0 Å². The number of rotatable bonds is 4. The number of hydrogen-bond donors (Lipinski definition) is 1. The van der Waals surface area contributed by atoms with Gasteiger partial charge in [0.2, 0.25) is 0 Å². The highest BCUT2D eigenvalue weighted by Gasteiger charge is 2.34. The standard InChI is InChI=1S/C13H19NO3/c1-13(2)16-9-12(17-13)11-7-5-4-6-10(11)8-14-15-3/h4-7,12,14H,8-9H2,1-3H3. The van der Waals surface area contributed by atoms with Gasteiger partial charge in [-0.1, -0.05) is 24.3 Å². The van der Waals surface area contributed by atoms with Gasteiger partial charge in [0.15, 0.2) is 5.79 Å². The van der Waals surface area contributed by atoms with Crippen molar-refractivity contribution in [1.82, 2.24) is 5.48 Å². The lowest BCUT2D eigenvalue weighted by molar-refractivity contribution is -0.139. The van der Waals surface area contributed by atoms with Crippen LogP contribution in [0.2, 0.25) is 0 Å². The van der Waals surface area contributed by atoms with Crippen LogP contribution in [0, 0.1) is 0 Å². The van der Waals surface area contributed by atoms with Crippen molar-refractivity contribution in [3.8, 4) is 0 Å². The van der Waals surface area contributed by atoms with Gasteiger partial charge < -0.3 is 14.3 Å². The van der Waals surface area contributed by atoms with Gasteiger partial charge in [-0.25, -0.2) is 0 Å². The first-order chi connectivity index (χ1) is 8.12. The Hall–Kier alpha value is -0.940. The van der Waals surface area contributed by atoms with E-state index in [1.165, 1.54) is 5.56 Å². The largest absolute Gasteiger partial charge is 0.347 e. The smallest absolute Gasteiger partial charge is 0.163 e. The molecule has 1 saturated heterocycles. The zero-order valence-corrected chi connectivity index (χ0v) is 10.5. The van der Waals surface area contributed by atoms with Crippen LogP contribution in [0.15, 0.2) is 24.3 Å². The summed E-state index contributed by atoms with van der Waals surface area (Å²) in [6.45, 7) is 5.12. The molecule has 0 radical (unpaired) electrons. The molecule has 0 aromatic heterocycles. The van der Waals surface area contributed by atoms with E-state index < -0.39 is 5.79 Å². The highest BCUT2D eigenvalue weighted by atomic mass is 16.7. The summed E-state index contributed by atoms with van der Waals surface area (Å²) in [7, 11) is 1.61. The molecule has 0 bridgehead atoms. The second-order valence-electron chi connectivity index (χ2n) is 4.54. The molecule has 0 aliphatic carbocycles. The molecule has 1 unspecified atom stereocenters. The molecule has 1 N–H and O–H groups in total. The van der Waals surface area contributed by atoms with Crippen LogP contribution in [0.1, 0.15) is 31.1 Å². The van der Waals surface area contributed by atoms with Gasteiger partial charge in [-0.3, -0.25) is 0 Å². The lowest BCUT2D eigenvalue weighted by atomic mass is 10.0. The van der Waals surface area contributed by atoms with Crippen LogP contribution < -0.4 is 5.48 Å². The Morgan fingerprint density at radius 3 is 2.82 bits per heavy atom. The molecule has 17 heavy (non-hydrogen) atoms. The molecule has 1 fully saturated rings. The molecule has 1 heterocycles. The lowest BCUT2D eigenvalue weighted by Gasteiger charge is -2.18. The number of ether oxygens (including phenoxy) is 2. The fourth-order valence-corrected chi connectivity index (χ4v) is 2.00. The van der Waals surface area contributed by atoms with Crippen molar-refractivity contribution in [3.63, 3.8) is 0 Å². The number of benzene rings is 1. The van der Waals surface area contributed by atoms with E-state index in [-0.39, 0.29) is 6.10 Å². The fraction of sp³-hybridized carbons (Fsp3) is 0.538. The molecule has 4 nitrogen and oxygen atoms in total. The molecule has 1 aliphatic heterocycles. The topological polar surface area (TPSA) is 39.7 Å². The average molecular weight is 237 g/mol. The van der Waals surface area contributed by atoms with E-state index in [4.69, 9.17) is 14.3 Å². The van der Waals surface area contributed by atoms with E-state index in [9.17, 15) is 0 Å². The normalized spacial score (nSPS) is 22.9. The van der Waals surface area contributed by atoms with E-state index in [2.05, 4.69) is 17.6 Å². The number of nitrogens with one attached hydrogen (secondary N) is 1. The first-order valence-corrected chi connectivity index (χ1v) is 5.78. The zero-order chi connectivity index (χ0) is 12.3. The minimum Gasteiger partial charge on any atom is -0.347 e. The predicted octanol–water partition coefficient (Wildman–Crippen LogP) is 2.16.